The molecule has 0 fully saturated rings. The van der Waals surface area contributed by atoms with Crippen LogP contribution in [-0.2, 0) is 16.6 Å². The predicted molar refractivity (Wildman–Crippen MR) is 89.8 cm³/mol. The predicted octanol–water partition coefficient (Wildman–Crippen LogP) is 2.01. The number of imidazole rings is 1. The molecule has 8 nitrogen and oxygen atoms in total. The minimum absolute atomic E-state index is 0.0406. The van der Waals surface area contributed by atoms with Crippen LogP contribution in [0.25, 0.3) is 11.0 Å². The van der Waals surface area contributed by atoms with Crippen molar-refractivity contribution in [3.63, 3.8) is 0 Å². The highest BCUT2D eigenvalue weighted by Crippen LogP contribution is 2.29. The second-order valence-corrected chi connectivity index (χ2v) is 6.66. The average molecular weight is 400 g/mol. The quantitative estimate of drug-likeness (QED) is 0.465. The number of methoxy groups -OCH3 is 2. The highest BCUT2D eigenvalue weighted by Gasteiger charge is 2.26. The fourth-order valence-electron chi connectivity index (χ4n) is 2.50. The summed E-state index contributed by atoms with van der Waals surface area (Å²) in [6.45, 7) is -2.94. The Hall–Kier alpha value is -2.95. The summed E-state index contributed by atoms with van der Waals surface area (Å²) >= 11 is 0. The number of ether oxygens (including phenoxy) is 3. The number of rotatable bonds is 7. The van der Waals surface area contributed by atoms with Crippen LogP contribution in [0.5, 0.6) is 17.2 Å². The van der Waals surface area contributed by atoms with E-state index >= 15 is 0 Å². The highest BCUT2D eigenvalue weighted by molar-refractivity contribution is 7.84. The van der Waals surface area contributed by atoms with Crippen LogP contribution in [0, 0.1) is 0 Å². The van der Waals surface area contributed by atoms with Gasteiger partial charge in [-0.25, -0.2) is 4.98 Å². The van der Waals surface area contributed by atoms with E-state index in [0.29, 0.717) is 16.8 Å². The molecule has 1 aromatic carbocycles. The molecule has 0 saturated carbocycles. The molecular weight excluding hydrogens is 384 g/mol. The van der Waals surface area contributed by atoms with Crippen LogP contribution in [0.1, 0.15) is 5.69 Å². The number of benzene rings is 1. The molecule has 0 amide bonds. The minimum Gasteiger partial charge on any atom is -0.492 e. The monoisotopic (exact) mass is 400 g/mol. The molecule has 2 aromatic heterocycles. The Morgan fingerprint density at radius 1 is 1.30 bits per heavy atom. The number of pyridine rings is 1. The molecule has 0 radical (unpaired) electrons. The topological polar surface area (TPSA) is 97.5 Å². The molecule has 27 heavy (non-hydrogen) atoms. The van der Waals surface area contributed by atoms with E-state index in [1.54, 1.807) is 0 Å². The molecular formula is C16H16F2N3O5S+. The number of alkyl halides is 2. The van der Waals surface area contributed by atoms with Crippen molar-refractivity contribution in [2.45, 2.75) is 17.5 Å². The third-order valence-electron chi connectivity index (χ3n) is 3.69. The largest absolute Gasteiger partial charge is 0.492 e. The zero-order valence-electron chi connectivity index (χ0n) is 14.3. The number of H-pyrrole nitrogens is 1. The van der Waals surface area contributed by atoms with E-state index in [-0.39, 0.29) is 28.1 Å². The third-order valence-corrected chi connectivity index (χ3v) is 4.85. The van der Waals surface area contributed by atoms with Crippen LogP contribution < -0.4 is 18.9 Å². The van der Waals surface area contributed by atoms with Crippen molar-refractivity contribution in [3.8, 4) is 17.2 Å². The Kier molecular flexibility index (Phi) is 5.40. The molecule has 3 rings (SSSR count). The Bertz CT molecular complexity index is 996. The van der Waals surface area contributed by atoms with Crippen molar-refractivity contribution in [2.75, 3.05) is 14.2 Å². The summed E-state index contributed by atoms with van der Waals surface area (Å²) in [5.74, 6) is 0.436. The molecule has 11 heteroatoms. The fraction of sp³-hybridized carbons (Fsp3) is 0.250. The number of nitrogens with zero attached hydrogens (tertiary/aromatic N) is 2. The van der Waals surface area contributed by atoms with E-state index < -0.39 is 17.4 Å². The van der Waals surface area contributed by atoms with Gasteiger partial charge in [0.2, 0.25) is 11.9 Å². The Morgan fingerprint density at radius 2 is 2.07 bits per heavy atom. The number of aromatic nitrogens is 3. The van der Waals surface area contributed by atoms with Gasteiger partial charge < -0.3 is 19.2 Å². The molecule has 0 saturated heterocycles. The third kappa shape index (κ3) is 3.92. The van der Waals surface area contributed by atoms with Crippen LogP contribution in [0.3, 0.4) is 0 Å². The summed E-state index contributed by atoms with van der Waals surface area (Å²) < 4.78 is 52.9. The Morgan fingerprint density at radius 3 is 2.74 bits per heavy atom. The summed E-state index contributed by atoms with van der Waals surface area (Å²) in [5.41, 5.74) is 1.05. The number of nitrogens with one attached hydrogen (secondary N) is 1. The lowest BCUT2D eigenvalue weighted by molar-refractivity contribution is -0.909. The van der Waals surface area contributed by atoms with Crippen molar-refractivity contribution in [1.29, 1.82) is 0 Å². The van der Waals surface area contributed by atoms with Crippen LogP contribution in [-0.4, -0.2) is 40.2 Å². The summed E-state index contributed by atoms with van der Waals surface area (Å²) in [6, 6.07) is 5.65. The zero-order chi connectivity index (χ0) is 19.6. The van der Waals surface area contributed by atoms with Gasteiger partial charge in [0, 0.05) is 10.8 Å². The number of halogens is 2. The summed E-state index contributed by atoms with van der Waals surface area (Å²) in [6.07, 6.45) is 1.33. The molecule has 2 heterocycles. The SMILES string of the molecule is COc1cc[n+](O)c(CS(=O)c2nc3ccc(OC(F)F)cc3[nH]2)c1OC. The van der Waals surface area contributed by atoms with E-state index in [0.717, 1.165) is 4.73 Å². The number of aromatic amines is 1. The van der Waals surface area contributed by atoms with Gasteiger partial charge in [-0.15, -0.1) is 0 Å². The van der Waals surface area contributed by atoms with Gasteiger partial charge in [0.05, 0.1) is 31.3 Å². The van der Waals surface area contributed by atoms with Gasteiger partial charge in [0.15, 0.2) is 10.9 Å². The first kappa shape index (κ1) is 18.8. The molecule has 0 aliphatic heterocycles. The van der Waals surface area contributed by atoms with Crippen molar-refractivity contribution in [1.82, 2.24) is 9.97 Å². The lowest BCUT2D eigenvalue weighted by Crippen LogP contribution is -2.36. The molecule has 3 aromatic rings. The average Bonchev–Trinajstić information content (AvgIpc) is 3.06. The maximum absolute atomic E-state index is 12.7. The van der Waals surface area contributed by atoms with Gasteiger partial charge >= 0.3 is 6.61 Å². The first-order valence-electron chi connectivity index (χ1n) is 7.60. The first-order valence-corrected chi connectivity index (χ1v) is 8.92. The maximum Gasteiger partial charge on any atom is 0.387 e. The molecule has 2 N–H and O–H groups in total. The molecule has 0 bridgehead atoms. The van der Waals surface area contributed by atoms with Crippen molar-refractivity contribution < 1.29 is 37.1 Å². The van der Waals surface area contributed by atoms with Gasteiger partial charge in [0.25, 0.3) is 5.69 Å². The minimum atomic E-state index is -2.94. The van der Waals surface area contributed by atoms with Crippen LogP contribution in [0.2, 0.25) is 0 Å². The van der Waals surface area contributed by atoms with E-state index in [1.807, 2.05) is 0 Å². The van der Waals surface area contributed by atoms with E-state index in [9.17, 15) is 18.2 Å². The molecule has 0 spiro atoms. The van der Waals surface area contributed by atoms with Gasteiger partial charge in [-0.2, -0.15) is 8.78 Å². The normalized spacial score (nSPS) is 12.3. The number of hydrogen-bond donors (Lipinski definition) is 2. The molecule has 1 unspecified atom stereocenters. The van der Waals surface area contributed by atoms with Crippen molar-refractivity contribution in [2.24, 2.45) is 0 Å². The summed E-state index contributed by atoms with van der Waals surface area (Å²) in [5, 5.41) is 10.1. The van der Waals surface area contributed by atoms with Crippen molar-refractivity contribution in [3.05, 3.63) is 36.2 Å². The number of hydrogen-bond acceptors (Lipinski definition) is 6. The summed E-state index contributed by atoms with van der Waals surface area (Å²) in [4.78, 5) is 7.01. The lowest BCUT2D eigenvalue weighted by atomic mass is 10.3. The van der Waals surface area contributed by atoms with Gasteiger partial charge in [0.1, 0.15) is 22.3 Å². The van der Waals surface area contributed by atoms with Crippen molar-refractivity contribution >= 4 is 21.8 Å². The fourth-order valence-corrected chi connectivity index (χ4v) is 3.58. The van der Waals surface area contributed by atoms with Crippen LogP contribution in [0.4, 0.5) is 8.78 Å². The van der Waals surface area contributed by atoms with E-state index in [1.165, 1.54) is 44.7 Å². The van der Waals surface area contributed by atoms with Gasteiger partial charge in [-0.05, 0) is 12.1 Å². The first-order chi connectivity index (χ1) is 12.9. The van der Waals surface area contributed by atoms with E-state index in [2.05, 4.69) is 14.7 Å². The maximum atomic E-state index is 12.7. The van der Waals surface area contributed by atoms with Gasteiger partial charge in [-0.1, -0.05) is 0 Å². The van der Waals surface area contributed by atoms with Gasteiger partial charge in [-0.3, -0.25) is 9.42 Å². The van der Waals surface area contributed by atoms with E-state index in [4.69, 9.17) is 9.47 Å². The Labute approximate surface area is 154 Å². The lowest BCUT2D eigenvalue weighted by Gasteiger charge is -2.08. The van der Waals surface area contributed by atoms with Crippen LogP contribution >= 0.6 is 0 Å². The molecule has 0 aliphatic carbocycles. The molecule has 1 atom stereocenters. The Balaban J connectivity index is 1.91. The second-order valence-electron chi connectivity index (χ2n) is 5.30. The molecule has 144 valence electrons. The van der Waals surface area contributed by atoms with Crippen LogP contribution in [0.15, 0.2) is 35.6 Å². The zero-order valence-corrected chi connectivity index (χ0v) is 15.1. The molecule has 0 aliphatic rings. The smallest absolute Gasteiger partial charge is 0.387 e. The standard InChI is InChI=1S/C16H16F2N3O5S/c1-24-13-5-6-21(22)12(14(13)25-2)8-27(23)16-19-10-4-3-9(26-15(17)18)7-11(10)20-16/h3-7,15,22H,8H2,1-2H3,(H,19,20)/q+1. The highest BCUT2D eigenvalue weighted by atomic mass is 32.2. The number of fused-ring (bicyclic) bond motifs is 1. The second kappa shape index (κ2) is 7.74. The summed E-state index contributed by atoms with van der Waals surface area (Å²) in [7, 11) is 1.15.